The summed E-state index contributed by atoms with van der Waals surface area (Å²) in [6.45, 7) is 1.71. The smallest absolute Gasteiger partial charge is 0.240 e. The first-order valence-corrected chi connectivity index (χ1v) is 5.86. The maximum absolute atomic E-state index is 11.3. The summed E-state index contributed by atoms with van der Waals surface area (Å²) in [7, 11) is -3.82. The number of hydrogen-bond acceptors (Lipinski definition) is 4. The van der Waals surface area contributed by atoms with Gasteiger partial charge in [0.2, 0.25) is 10.0 Å². The number of Topliss-reactive ketones (excluding diaryl/α,β-unsaturated/α-hetero) is 1. The molecule has 0 heterocycles. The summed E-state index contributed by atoms with van der Waals surface area (Å²) in [6, 6.07) is 3.97. The summed E-state index contributed by atoms with van der Waals surface area (Å²) >= 11 is 0. The summed E-state index contributed by atoms with van der Waals surface area (Å²) in [5, 5.41) is 4.92. The van der Waals surface area contributed by atoms with Crippen molar-refractivity contribution in [2.45, 2.75) is 18.2 Å². The van der Waals surface area contributed by atoms with Crippen LogP contribution in [-0.4, -0.2) is 14.2 Å². The zero-order chi connectivity index (χ0) is 11.6. The van der Waals surface area contributed by atoms with E-state index < -0.39 is 10.0 Å². The molecule has 0 spiro atoms. The zero-order valence-electron chi connectivity index (χ0n) is 8.23. The number of ketones is 1. The number of hydrogen-bond donors (Lipinski definition) is 2. The molecule has 1 rings (SSSR count). The number of carbonyl (C=O) groups is 1. The standard InChI is InChI=1S/C9H12N2O3S/c1-2-8(12)6-3-4-9(7(10)5-6)15(11,13)14/h3-5H,2,10H2,1H3,(H2,11,13,14). The van der Waals surface area contributed by atoms with Gasteiger partial charge in [-0.25, -0.2) is 13.6 Å². The normalized spacial score (nSPS) is 11.3. The third-order valence-electron chi connectivity index (χ3n) is 1.96. The minimum Gasteiger partial charge on any atom is -0.398 e. The number of anilines is 1. The van der Waals surface area contributed by atoms with Crippen molar-refractivity contribution in [3.05, 3.63) is 23.8 Å². The fourth-order valence-corrected chi connectivity index (χ4v) is 1.83. The van der Waals surface area contributed by atoms with Gasteiger partial charge in [-0.15, -0.1) is 0 Å². The Bertz CT molecular complexity index is 494. The molecule has 4 N–H and O–H groups in total. The van der Waals surface area contributed by atoms with Crippen LogP contribution in [0.5, 0.6) is 0 Å². The fraction of sp³-hybridized carbons (Fsp3) is 0.222. The summed E-state index contributed by atoms with van der Waals surface area (Å²) in [4.78, 5) is 11.1. The van der Waals surface area contributed by atoms with Crippen molar-refractivity contribution in [3.63, 3.8) is 0 Å². The Hall–Kier alpha value is -1.40. The summed E-state index contributed by atoms with van der Waals surface area (Å²) in [5.74, 6) is -0.0948. The van der Waals surface area contributed by atoms with Gasteiger partial charge in [0.05, 0.1) is 5.69 Å². The van der Waals surface area contributed by atoms with Gasteiger partial charge in [-0.1, -0.05) is 6.92 Å². The van der Waals surface area contributed by atoms with Crippen LogP contribution in [0.1, 0.15) is 23.7 Å². The van der Waals surface area contributed by atoms with E-state index in [1.807, 2.05) is 0 Å². The van der Waals surface area contributed by atoms with Crippen molar-refractivity contribution in [2.75, 3.05) is 5.73 Å². The molecular formula is C9H12N2O3S. The van der Waals surface area contributed by atoms with E-state index in [9.17, 15) is 13.2 Å². The first kappa shape index (κ1) is 11.7. The van der Waals surface area contributed by atoms with Crippen LogP contribution in [0.3, 0.4) is 0 Å². The maximum Gasteiger partial charge on any atom is 0.240 e. The highest BCUT2D eigenvalue weighted by Crippen LogP contribution is 2.19. The highest BCUT2D eigenvalue weighted by atomic mass is 32.2. The van der Waals surface area contributed by atoms with E-state index in [4.69, 9.17) is 10.9 Å². The van der Waals surface area contributed by atoms with Crippen LogP contribution in [-0.2, 0) is 10.0 Å². The van der Waals surface area contributed by atoms with E-state index >= 15 is 0 Å². The lowest BCUT2D eigenvalue weighted by Gasteiger charge is -2.04. The van der Waals surface area contributed by atoms with Gasteiger partial charge in [-0.3, -0.25) is 4.79 Å². The number of benzene rings is 1. The molecule has 0 unspecified atom stereocenters. The maximum atomic E-state index is 11.3. The predicted octanol–water partition coefficient (Wildman–Crippen LogP) is 0.509. The largest absolute Gasteiger partial charge is 0.398 e. The van der Waals surface area contributed by atoms with Crippen LogP contribution in [0, 0.1) is 0 Å². The van der Waals surface area contributed by atoms with E-state index in [1.54, 1.807) is 6.92 Å². The SMILES string of the molecule is CCC(=O)c1ccc(S(N)(=O)=O)c(N)c1. The molecule has 0 atom stereocenters. The number of sulfonamides is 1. The molecule has 15 heavy (non-hydrogen) atoms. The van der Waals surface area contributed by atoms with Crippen LogP contribution < -0.4 is 10.9 Å². The van der Waals surface area contributed by atoms with Crippen LogP contribution in [0.25, 0.3) is 0 Å². The van der Waals surface area contributed by atoms with Gasteiger partial charge in [0.1, 0.15) is 4.90 Å². The Labute approximate surface area is 88.1 Å². The molecule has 82 valence electrons. The second kappa shape index (κ2) is 4.00. The minimum absolute atomic E-state index is 0.00296. The average Bonchev–Trinajstić information content (AvgIpc) is 2.14. The molecule has 0 amide bonds. The number of nitrogens with two attached hydrogens (primary N) is 2. The molecule has 0 aliphatic carbocycles. The molecule has 0 bridgehead atoms. The van der Waals surface area contributed by atoms with Crippen molar-refractivity contribution in [1.82, 2.24) is 0 Å². The van der Waals surface area contributed by atoms with Crippen molar-refractivity contribution in [3.8, 4) is 0 Å². The van der Waals surface area contributed by atoms with E-state index in [1.165, 1.54) is 18.2 Å². The lowest BCUT2D eigenvalue weighted by Crippen LogP contribution is -2.14. The molecular weight excluding hydrogens is 216 g/mol. The molecule has 0 radical (unpaired) electrons. The van der Waals surface area contributed by atoms with Gasteiger partial charge in [-0.05, 0) is 18.2 Å². The summed E-state index contributed by atoms with van der Waals surface area (Å²) in [5.41, 5.74) is 5.88. The second-order valence-corrected chi connectivity index (χ2v) is 4.60. The molecule has 0 aromatic heterocycles. The van der Waals surface area contributed by atoms with Crippen LogP contribution in [0.15, 0.2) is 23.1 Å². The van der Waals surface area contributed by atoms with Gasteiger partial charge >= 0.3 is 0 Å². The monoisotopic (exact) mass is 228 g/mol. The molecule has 0 fully saturated rings. The predicted molar refractivity (Wildman–Crippen MR) is 56.8 cm³/mol. The average molecular weight is 228 g/mol. The highest BCUT2D eigenvalue weighted by molar-refractivity contribution is 7.89. The third kappa shape index (κ3) is 2.54. The number of nitrogen functional groups attached to an aromatic ring is 1. The van der Waals surface area contributed by atoms with E-state index in [0.29, 0.717) is 12.0 Å². The van der Waals surface area contributed by atoms with Gasteiger partial charge in [0.25, 0.3) is 0 Å². The van der Waals surface area contributed by atoms with Crippen molar-refractivity contribution >= 4 is 21.5 Å². The third-order valence-corrected chi connectivity index (χ3v) is 2.94. The Morgan fingerprint density at radius 2 is 2.00 bits per heavy atom. The molecule has 5 nitrogen and oxygen atoms in total. The Kier molecular flexibility index (Phi) is 3.11. The lowest BCUT2D eigenvalue weighted by atomic mass is 10.1. The van der Waals surface area contributed by atoms with Gasteiger partial charge in [-0.2, -0.15) is 0 Å². The second-order valence-electron chi connectivity index (χ2n) is 3.07. The molecule has 1 aromatic rings. The topological polar surface area (TPSA) is 103 Å². The summed E-state index contributed by atoms with van der Waals surface area (Å²) < 4.78 is 22.0. The van der Waals surface area contributed by atoms with Gasteiger partial charge < -0.3 is 5.73 Å². The Morgan fingerprint density at radius 3 is 2.40 bits per heavy atom. The highest BCUT2D eigenvalue weighted by Gasteiger charge is 2.13. The van der Waals surface area contributed by atoms with E-state index in [-0.39, 0.29) is 16.4 Å². The molecule has 6 heteroatoms. The Morgan fingerprint density at radius 1 is 1.40 bits per heavy atom. The first-order valence-electron chi connectivity index (χ1n) is 4.31. The van der Waals surface area contributed by atoms with Gasteiger partial charge in [0.15, 0.2) is 5.78 Å². The van der Waals surface area contributed by atoms with Crippen molar-refractivity contribution in [2.24, 2.45) is 5.14 Å². The van der Waals surface area contributed by atoms with Crippen molar-refractivity contribution in [1.29, 1.82) is 0 Å². The molecule has 1 aromatic carbocycles. The molecule has 0 aliphatic rings. The van der Waals surface area contributed by atoms with Crippen LogP contribution in [0.2, 0.25) is 0 Å². The van der Waals surface area contributed by atoms with Crippen LogP contribution >= 0.6 is 0 Å². The quantitative estimate of drug-likeness (QED) is 0.581. The zero-order valence-corrected chi connectivity index (χ0v) is 9.04. The fourth-order valence-electron chi connectivity index (χ4n) is 1.19. The van der Waals surface area contributed by atoms with Gasteiger partial charge in [0, 0.05) is 12.0 Å². The van der Waals surface area contributed by atoms with E-state index in [0.717, 1.165) is 0 Å². The first-order chi connectivity index (χ1) is 6.86. The molecule has 0 saturated carbocycles. The number of primary sulfonamides is 1. The molecule has 0 aliphatic heterocycles. The van der Waals surface area contributed by atoms with Crippen LogP contribution in [0.4, 0.5) is 5.69 Å². The number of carbonyl (C=O) groups excluding carboxylic acids is 1. The lowest BCUT2D eigenvalue weighted by molar-refractivity contribution is 0.0988. The molecule has 0 saturated heterocycles. The Balaban J connectivity index is 3.27. The number of rotatable bonds is 3. The minimum atomic E-state index is -3.82. The van der Waals surface area contributed by atoms with Crippen molar-refractivity contribution < 1.29 is 13.2 Å². The summed E-state index contributed by atoms with van der Waals surface area (Å²) in [6.07, 6.45) is 0.341. The van der Waals surface area contributed by atoms with E-state index in [2.05, 4.69) is 0 Å².